The maximum Gasteiger partial charge on any atom is 0.203 e. The zero-order chi connectivity index (χ0) is 13.4. The Morgan fingerprint density at radius 2 is 2.05 bits per heavy atom. The van der Waals surface area contributed by atoms with Crippen molar-refractivity contribution >= 4 is 0 Å². The second kappa shape index (κ2) is 4.96. The van der Waals surface area contributed by atoms with Crippen molar-refractivity contribution in [3.8, 4) is 5.75 Å². The van der Waals surface area contributed by atoms with Crippen LogP contribution >= 0.6 is 0 Å². The molecule has 0 amide bonds. The van der Waals surface area contributed by atoms with Crippen molar-refractivity contribution in [2.24, 2.45) is 11.7 Å². The molecule has 0 spiro atoms. The number of nitrogens with two attached hydrogens (primary N) is 1. The van der Waals surface area contributed by atoms with Gasteiger partial charge in [0.1, 0.15) is 5.75 Å². The highest BCUT2D eigenvalue weighted by atomic mass is 16.6. The molecule has 0 aromatic heterocycles. The van der Waals surface area contributed by atoms with Crippen molar-refractivity contribution in [2.75, 3.05) is 0 Å². The van der Waals surface area contributed by atoms with Gasteiger partial charge in [0.2, 0.25) is 6.29 Å². The van der Waals surface area contributed by atoms with E-state index in [1.54, 1.807) is 0 Å². The fraction of sp³-hybridized carbons (Fsp3) is 0.467. The highest BCUT2D eigenvalue weighted by molar-refractivity contribution is 5.29. The molecule has 0 saturated carbocycles. The Labute approximate surface area is 112 Å². The van der Waals surface area contributed by atoms with Gasteiger partial charge in [0.05, 0.1) is 18.1 Å². The van der Waals surface area contributed by atoms with Crippen molar-refractivity contribution in [1.29, 1.82) is 0 Å². The van der Waals surface area contributed by atoms with Gasteiger partial charge in [-0.3, -0.25) is 0 Å². The second-order valence-corrected chi connectivity index (χ2v) is 5.29. The molecule has 0 aliphatic carbocycles. The molecule has 3 rings (SSSR count). The minimum absolute atomic E-state index is 0.00285. The van der Waals surface area contributed by atoms with Crippen LogP contribution in [0.4, 0.5) is 0 Å². The number of fused-ring (bicyclic) bond motifs is 2. The summed E-state index contributed by atoms with van der Waals surface area (Å²) in [4.78, 5) is 0. The van der Waals surface area contributed by atoms with Gasteiger partial charge >= 0.3 is 0 Å². The molecule has 3 N–H and O–H groups in total. The molecule has 1 saturated heterocycles. The molecule has 1 aromatic rings. The molecule has 2 aliphatic heterocycles. The maximum absolute atomic E-state index is 10.1. The first kappa shape index (κ1) is 12.7. The number of benzene rings is 1. The zero-order valence-corrected chi connectivity index (χ0v) is 10.9. The Morgan fingerprint density at radius 1 is 1.32 bits per heavy atom. The molecule has 4 nitrogen and oxygen atoms in total. The van der Waals surface area contributed by atoms with E-state index in [-0.39, 0.29) is 24.2 Å². The standard InChI is InChI=1S/C15H19NO3/c1-9(16)10-2-4-11(5-3-10)19-15(17)13-8-12-6-7-14(13)18-12/h2-7,9,12-15,17H,8,16H2,1H3. The van der Waals surface area contributed by atoms with E-state index in [0.29, 0.717) is 5.75 Å². The Bertz CT molecular complexity index is 469. The van der Waals surface area contributed by atoms with E-state index in [0.717, 1.165) is 12.0 Å². The van der Waals surface area contributed by atoms with E-state index < -0.39 is 6.29 Å². The van der Waals surface area contributed by atoms with Gasteiger partial charge in [-0.2, -0.15) is 0 Å². The number of hydrogen-bond acceptors (Lipinski definition) is 4. The van der Waals surface area contributed by atoms with Gasteiger partial charge in [-0.1, -0.05) is 24.3 Å². The van der Waals surface area contributed by atoms with Crippen molar-refractivity contribution < 1.29 is 14.6 Å². The molecule has 4 heteroatoms. The van der Waals surface area contributed by atoms with Crippen LogP contribution in [0.3, 0.4) is 0 Å². The lowest BCUT2D eigenvalue weighted by Crippen LogP contribution is -2.32. The quantitative estimate of drug-likeness (QED) is 0.640. The summed E-state index contributed by atoms with van der Waals surface area (Å²) >= 11 is 0. The van der Waals surface area contributed by atoms with E-state index in [1.165, 1.54) is 0 Å². The van der Waals surface area contributed by atoms with E-state index in [4.69, 9.17) is 15.2 Å². The third-order valence-electron chi connectivity index (χ3n) is 3.80. The Morgan fingerprint density at radius 3 is 2.58 bits per heavy atom. The van der Waals surface area contributed by atoms with E-state index in [9.17, 15) is 5.11 Å². The number of aliphatic hydroxyl groups is 1. The third kappa shape index (κ3) is 2.52. The predicted molar refractivity (Wildman–Crippen MR) is 71.6 cm³/mol. The van der Waals surface area contributed by atoms with Gasteiger partial charge in [-0.15, -0.1) is 0 Å². The smallest absolute Gasteiger partial charge is 0.203 e. The normalized spacial score (nSPS) is 31.4. The molecule has 2 heterocycles. The SMILES string of the molecule is CC(N)c1ccc(OC(O)C2CC3C=CC2O3)cc1. The predicted octanol–water partition coefficient (Wildman–Crippen LogP) is 1.75. The van der Waals surface area contributed by atoms with Crippen molar-refractivity contribution in [2.45, 2.75) is 37.9 Å². The summed E-state index contributed by atoms with van der Waals surface area (Å²) in [5, 5.41) is 10.1. The van der Waals surface area contributed by atoms with Crippen LogP contribution in [0.5, 0.6) is 5.75 Å². The maximum atomic E-state index is 10.1. The average Bonchev–Trinajstić information content (AvgIpc) is 3.01. The van der Waals surface area contributed by atoms with E-state index in [2.05, 4.69) is 0 Å². The Kier molecular flexibility index (Phi) is 3.31. The van der Waals surface area contributed by atoms with Crippen molar-refractivity contribution in [1.82, 2.24) is 0 Å². The molecule has 0 radical (unpaired) electrons. The highest BCUT2D eigenvalue weighted by Gasteiger charge is 2.41. The summed E-state index contributed by atoms with van der Waals surface area (Å²) in [6.07, 6.45) is 4.18. The van der Waals surface area contributed by atoms with Gasteiger partial charge in [0, 0.05) is 6.04 Å². The summed E-state index contributed by atoms with van der Waals surface area (Å²) in [5.41, 5.74) is 6.84. The topological polar surface area (TPSA) is 64.7 Å². The number of aliphatic hydroxyl groups excluding tert-OH is 1. The molecule has 5 unspecified atom stereocenters. The summed E-state index contributed by atoms with van der Waals surface area (Å²) < 4.78 is 11.2. The zero-order valence-electron chi connectivity index (χ0n) is 10.9. The third-order valence-corrected chi connectivity index (χ3v) is 3.80. The largest absolute Gasteiger partial charge is 0.465 e. The highest BCUT2D eigenvalue weighted by Crippen LogP contribution is 2.36. The van der Waals surface area contributed by atoms with Crippen LogP contribution < -0.4 is 10.5 Å². The molecule has 2 aliphatic rings. The van der Waals surface area contributed by atoms with Crippen LogP contribution in [0.1, 0.15) is 24.9 Å². The lowest BCUT2D eigenvalue weighted by Gasteiger charge is -2.23. The van der Waals surface area contributed by atoms with Crippen molar-refractivity contribution in [3.63, 3.8) is 0 Å². The number of rotatable bonds is 4. The first-order valence-corrected chi connectivity index (χ1v) is 6.67. The molecular formula is C15H19NO3. The van der Waals surface area contributed by atoms with Gasteiger partial charge in [-0.05, 0) is 31.0 Å². The minimum atomic E-state index is -0.832. The fourth-order valence-corrected chi connectivity index (χ4v) is 2.66. The van der Waals surface area contributed by atoms with Crippen LogP contribution in [0.2, 0.25) is 0 Å². The van der Waals surface area contributed by atoms with Gasteiger partial charge in [-0.25, -0.2) is 0 Å². The molecule has 5 atom stereocenters. The minimum Gasteiger partial charge on any atom is -0.465 e. The van der Waals surface area contributed by atoms with Crippen LogP contribution in [0.25, 0.3) is 0 Å². The van der Waals surface area contributed by atoms with Crippen LogP contribution in [-0.2, 0) is 4.74 Å². The van der Waals surface area contributed by atoms with E-state index >= 15 is 0 Å². The summed E-state index contributed by atoms with van der Waals surface area (Å²) in [6, 6.07) is 7.52. The summed E-state index contributed by atoms with van der Waals surface area (Å²) in [5.74, 6) is 0.673. The lowest BCUT2D eigenvalue weighted by molar-refractivity contribution is -0.0737. The molecule has 1 fully saturated rings. The van der Waals surface area contributed by atoms with Gasteiger partial charge < -0.3 is 20.3 Å². The van der Waals surface area contributed by atoms with Gasteiger partial charge in [0.15, 0.2) is 0 Å². The molecule has 1 aromatic carbocycles. The summed E-state index contributed by atoms with van der Waals surface area (Å²) in [7, 11) is 0. The van der Waals surface area contributed by atoms with E-state index in [1.807, 2.05) is 43.3 Å². The molecule has 19 heavy (non-hydrogen) atoms. The first-order valence-electron chi connectivity index (χ1n) is 6.67. The molecule has 2 bridgehead atoms. The Hall–Kier alpha value is -1.36. The first-order chi connectivity index (χ1) is 9.13. The molecule has 102 valence electrons. The average molecular weight is 261 g/mol. The lowest BCUT2D eigenvalue weighted by atomic mass is 9.94. The van der Waals surface area contributed by atoms with Crippen LogP contribution in [-0.4, -0.2) is 23.6 Å². The van der Waals surface area contributed by atoms with Crippen molar-refractivity contribution in [3.05, 3.63) is 42.0 Å². The molecular weight excluding hydrogens is 242 g/mol. The van der Waals surface area contributed by atoms with Crippen LogP contribution in [0, 0.1) is 5.92 Å². The van der Waals surface area contributed by atoms with Gasteiger partial charge in [0.25, 0.3) is 0 Å². The van der Waals surface area contributed by atoms with Crippen LogP contribution in [0.15, 0.2) is 36.4 Å². The fourth-order valence-electron chi connectivity index (χ4n) is 2.66. The Balaban J connectivity index is 1.63. The second-order valence-electron chi connectivity index (χ2n) is 5.29. The number of hydrogen-bond donors (Lipinski definition) is 2. The monoisotopic (exact) mass is 261 g/mol. The summed E-state index contributed by atoms with van der Waals surface area (Å²) in [6.45, 7) is 1.93. The number of ether oxygens (including phenoxy) is 2.